The average molecular weight is 364 g/mol. The van der Waals surface area contributed by atoms with Crippen LogP contribution in [0.3, 0.4) is 0 Å². The molecule has 0 saturated heterocycles. The molecule has 0 aliphatic heterocycles. The third-order valence-electron chi connectivity index (χ3n) is 2.16. The van der Waals surface area contributed by atoms with Crippen LogP contribution < -0.4 is 5.73 Å². The van der Waals surface area contributed by atoms with E-state index in [1.807, 2.05) is 26.0 Å². The summed E-state index contributed by atoms with van der Waals surface area (Å²) in [6.07, 6.45) is 0. The molecule has 0 radical (unpaired) electrons. The molecule has 90 valence electrons. The van der Waals surface area contributed by atoms with Gasteiger partial charge in [-0.15, -0.1) is 0 Å². The minimum Gasteiger partial charge on any atom is -0.334 e. The Labute approximate surface area is 118 Å². The maximum absolute atomic E-state index is 5.95. The van der Waals surface area contributed by atoms with E-state index in [0.29, 0.717) is 16.7 Å². The lowest BCUT2D eigenvalue weighted by molar-refractivity contribution is 0.397. The van der Waals surface area contributed by atoms with Crippen LogP contribution in [-0.4, -0.2) is 10.1 Å². The predicted molar refractivity (Wildman–Crippen MR) is 74.7 cm³/mol. The molecule has 1 aromatic heterocycles. The molecule has 0 aliphatic rings. The Morgan fingerprint density at radius 2 is 2.12 bits per heavy atom. The molecule has 0 spiro atoms. The van der Waals surface area contributed by atoms with Gasteiger partial charge in [-0.1, -0.05) is 16.8 Å². The first-order chi connectivity index (χ1) is 7.88. The summed E-state index contributed by atoms with van der Waals surface area (Å²) in [6, 6.07) is 5.51. The van der Waals surface area contributed by atoms with E-state index in [9.17, 15) is 0 Å². The van der Waals surface area contributed by atoms with E-state index in [-0.39, 0.29) is 0 Å². The Bertz CT molecular complexity index is 548. The van der Waals surface area contributed by atoms with Crippen molar-refractivity contribution < 1.29 is 4.52 Å². The van der Waals surface area contributed by atoms with Crippen molar-refractivity contribution in [2.24, 2.45) is 5.73 Å². The molecule has 0 fully saturated rings. The lowest BCUT2D eigenvalue weighted by Gasteiger charge is -2.11. The SMILES string of the molecule is CC(C)(N)c1noc(-c2cc(Cl)ccc2I)n1. The molecular formula is C11H11ClIN3O. The first-order valence-electron chi connectivity index (χ1n) is 4.96. The lowest BCUT2D eigenvalue weighted by atomic mass is 10.1. The van der Waals surface area contributed by atoms with Gasteiger partial charge in [0.2, 0.25) is 0 Å². The second kappa shape index (κ2) is 4.55. The zero-order valence-corrected chi connectivity index (χ0v) is 12.3. The molecule has 6 heteroatoms. The highest BCUT2D eigenvalue weighted by molar-refractivity contribution is 14.1. The summed E-state index contributed by atoms with van der Waals surface area (Å²) in [5, 5.41) is 4.51. The molecule has 1 aromatic carbocycles. The Kier molecular flexibility index (Phi) is 3.42. The van der Waals surface area contributed by atoms with Gasteiger partial charge in [0.1, 0.15) is 0 Å². The van der Waals surface area contributed by atoms with Crippen LogP contribution in [0, 0.1) is 3.57 Å². The van der Waals surface area contributed by atoms with Gasteiger partial charge in [0.25, 0.3) is 5.89 Å². The molecule has 0 bridgehead atoms. The van der Waals surface area contributed by atoms with Gasteiger partial charge in [0.05, 0.1) is 11.1 Å². The maximum atomic E-state index is 5.95. The molecule has 0 atom stereocenters. The molecule has 4 nitrogen and oxygen atoms in total. The van der Waals surface area contributed by atoms with Crippen LogP contribution in [-0.2, 0) is 5.54 Å². The molecular weight excluding hydrogens is 352 g/mol. The molecule has 0 saturated carbocycles. The Hall–Kier alpha value is -0.660. The van der Waals surface area contributed by atoms with E-state index < -0.39 is 5.54 Å². The van der Waals surface area contributed by atoms with Crippen LogP contribution in [0.25, 0.3) is 11.5 Å². The second-order valence-electron chi connectivity index (χ2n) is 4.27. The van der Waals surface area contributed by atoms with E-state index >= 15 is 0 Å². The van der Waals surface area contributed by atoms with Crippen molar-refractivity contribution >= 4 is 34.2 Å². The number of aromatic nitrogens is 2. The number of benzene rings is 1. The van der Waals surface area contributed by atoms with E-state index in [2.05, 4.69) is 32.7 Å². The Morgan fingerprint density at radius 1 is 1.41 bits per heavy atom. The summed E-state index contributed by atoms with van der Waals surface area (Å²) in [7, 11) is 0. The summed E-state index contributed by atoms with van der Waals surface area (Å²) in [5.74, 6) is 0.911. The molecule has 17 heavy (non-hydrogen) atoms. The molecule has 0 amide bonds. The predicted octanol–water partition coefficient (Wildman–Crippen LogP) is 3.19. The van der Waals surface area contributed by atoms with Gasteiger partial charge in [-0.3, -0.25) is 0 Å². The van der Waals surface area contributed by atoms with E-state index in [4.69, 9.17) is 21.9 Å². The van der Waals surface area contributed by atoms with Crippen molar-refractivity contribution in [1.29, 1.82) is 0 Å². The Morgan fingerprint density at radius 3 is 2.71 bits per heavy atom. The van der Waals surface area contributed by atoms with Crippen LogP contribution in [0.1, 0.15) is 19.7 Å². The number of rotatable bonds is 2. The number of hydrogen-bond donors (Lipinski definition) is 1. The maximum Gasteiger partial charge on any atom is 0.259 e. The lowest BCUT2D eigenvalue weighted by Crippen LogP contribution is -2.30. The van der Waals surface area contributed by atoms with Crippen LogP contribution >= 0.6 is 34.2 Å². The number of hydrogen-bond acceptors (Lipinski definition) is 4. The standard InChI is InChI=1S/C11H11ClIN3O/c1-11(2,14)10-15-9(17-16-10)7-5-6(12)3-4-8(7)13/h3-5H,14H2,1-2H3. The quantitative estimate of drug-likeness (QED) is 0.832. The normalized spacial score (nSPS) is 11.8. The first kappa shape index (κ1) is 12.8. The summed E-state index contributed by atoms with van der Waals surface area (Å²) < 4.78 is 6.21. The highest BCUT2D eigenvalue weighted by Gasteiger charge is 2.22. The fourth-order valence-corrected chi connectivity index (χ4v) is 1.99. The smallest absolute Gasteiger partial charge is 0.259 e. The van der Waals surface area contributed by atoms with Crippen molar-refractivity contribution in [2.75, 3.05) is 0 Å². The van der Waals surface area contributed by atoms with Gasteiger partial charge >= 0.3 is 0 Å². The van der Waals surface area contributed by atoms with Gasteiger partial charge in [-0.05, 0) is 54.6 Å². The van der Waals surface area contributed by atoms with Crippen LogP contribution in [0.4, 0.5) is 0 Å². The van der Waals surface area contributed by atoms with Gasteiger partial charge in [0.15, 0.2) is 5.82 Å². The second-order valence-corrected chi connectivity index (χ2v) is 5.87. The largest absolute Gasteiger partial charge is 0.334 e. The number of nitrogens with two attached hydrogens (primary N) is 1. The van der Waals surface area contributed by atoms with Crippen LogP contribution in [0.2, 0.25) is 5.02 Å². The monoisotopic (exact) mass is 363 g/mol. The topological polar surface area (TPSA) is 64.9 Å². The van der Waals surface area contributed by atoms with Gasteiger partial charge in [-0.25, -0.2) is 0 Å². The average Bonchev–Trinajstić information content (AvgIpc) is 2.70. The summed E-state index contributed by atoms with van der Waals surface area (Å²) in [6.45, 7) is 3.65. The fourth-order valence-electron chi connectivity index (χ4n) is 1.26. The van der Waals surface area contributed by atoms with Crippen LogP contribution in [0.5, 0.6) is 0 Å². The third-order valence-corrected chi connectivity index (χ3v) is 3.34. The molecule has 1 heterocycles. The van der Waals surface area contributed by atoms with Crippen molar-refractivity contribution in [2.45, 2.75) is 19.4 Å². The minimum atomic E-state index is -0.619. The molecule has 2 rings (SSSR count). The van der Waals surface area contributed by atoms with E-state index in [1.165, 1.54) is 0 Å². The van der Waals surface area contributed by atoms with Gasteiger partial charge in [0, 0.05) is 8.59 Å². The number of nitrogens with zero attached hydrogens (tertiary/aromatic N) is 2. The number of halogens is 2. The molecule has 2 aromatic rings. The molecule has 0 unspecified atom stereocenters. The minimum absolute atomic E-state index is 0.436. The third kappa shape index (κ3) is 2.78. The summed E-state index contributed by atoms with van der Waals surface area (Å²) in [5.41, 5.74) is 6.10. The Balaban J connectivity index is 2.47. The van der Waals surface area contributed by atoms with Crippen molar-refractivity contribution in [3.8, 4) is 11.5 Å². The van der Waals surface area contributed by atoms with E-state index in [0.717, 1.165) is 9.13 Å². The zero-order chi connectivity index (χ0) is 12.6. The van der Waals surface area contributed by atoms with Gasteiger partial charge < -0.3 is 10.3 Å². The zero-order valence-electron chi connectivity index (χ0n) is 9.37. The highest BCUT2D eigenvalue weighted by Crippen LogP contribution is 2.28. The first-order valence-corrected chi connectivity index (χ1v) is 6.42. The van der Waals surface area contributed by atoms with Crippen LogP contribution in [0.15, 0.2) is 22.7 Å². The van der Waals surface area contributed by atoms with Crippen molar-refractivity contribution in [1.82, 2.24) is 10.1 Å². The molecule has 2 N–H and O–H groups in total. The summed E-state index contributed by atoms with van der Waals surface area (Å²) >= 11 is 8.14. The highest BCUT2D eigenvalue weighted by atomic mass is 127. The summed E-state index contributed by atoms with van der Waals surface area (Å²) in [4.78, 5) is 4.29. The van der Waals surface area contributed by atoms with Crippen molar-refractivity contribution in [3.63, 3.8) is 0 Å². The fraction of sp³-hybridized carbons (Fsp3) is 0.273. The van der Waals surface area contributed by atoms with E-state index in [1.54, 1.807) is 6.07 Å². The van der Waals surface area contributed by atoms with Gasteiger partial charge in [-0.2, -0.15) is 4.98 Å². The molecule has 0 aliphatic carbocycles. The van der Waals surface area contributed by atoms with Crippen molar-refractivity contribution in [3.05, 3.63) is 32.6 Å².